The zero-order valence-electron chi connectivity index (χ0n) is 10.7. The van der Waals surface area contributed by atoms with Gasteiger partial charge in [-0.25, -0.2) is 13.1 Å². The van der Waals surface area contributed by atoms with E-state index in [0.717, 1.165) is 10.0 Å². The lowest BCUT2D eigenvalue weighted by Crippen LogP contribution is -2.26. The Kier molecular flexibility index (Phi) is 5.51. The first-order valence-corrected chi connectivity index (χ1v) is 8.00. The van der Waals surface area contributed by atoms with Crippen molar-refractivity contribution >= 4 is 31.9 Å². The van der Waals surface area contributed by atoms with Crippen LogP contribution in [0.4, 0.5) is 0 Å². The quantitative estimate of drug-likeness (QED) is 0.771. The van der Waals surface area contributed by atoms with Crippen LogP contribution in [0.5, 0.6) is 0 Å². The molecule has 2 N–H and O–H groups in total. The van der Waals surface area contributed by atoms with Crippen molar-refractivity contribution in [3.63, 3.8) is 0 Å². The van der Waals surface area contributed by atoms with Gasteiger partial charge < -0.3 is 5.11 Å². The second kappa shape index (κ2) is 6.49. The summed E-state index contributed by atoms with van der Waals surface area (Å²) in [6.07, 6.45) is 0.212. The number of hydrogen-bond donors (Lipinski definition) is 2. The van der Waals surface area contributed by atoms with Gasteiger partial charge in [-0.05, 0) is 43.5 Å². The number of sulfonamides is 1. The van der Waals surface area contributed by atoms with Gasteiger partial charge in [0.2, 0.25) is 10.0 Å². The molecule has 7 heteroatoms. The van der Waals surface area contributed by atoms with Gasteiger partial charge in [-0.15, -0.1) is 0 Å². The van der Waals surface area contributed by atoms with Crippen molar-refractivity contribution in [2.24, 2.45) is 0 Å². The molecule has 0 aliphatic rings. The lowest BCUT2D eigenvalue weighted by molar-refractivity contribution is -0.137. The molecule has 0 aromatic heterocycles. The van der Waals surface area contributed by atoms with Crippen molar-refractivity contribution < 1.29 is 18.3 Å². The smallest absolute Gasteiger partial charge is 0.303 e. The van der Waals surface area contributed by atoms with Crippen LogP contribution >= 0.6 is 15.9 Å². The van der Waals surface area contributed by atoms with E-state index in [0.29, 0.717) is 5.56 Å². The minimum Gasteiger partial charge on any atom is -0.481 e. The average Bonchev–Trinajstić information content (AvgIpc) is 2.29. The number of hydrogen-bond acceptors (Lipinski definition) is 3. The van der Waals surface area contributed by atoms with Crippen LogP contribution in [0.1, 0.15) is 24.0 Å². The summed E-state index contributed by atoms with van der Waals surface area (Å²) in [6.45, 7) is 3.65. The van der Waals surface area contributed by atoms with E-state index in [1.807, 2.05) is 6.92 Å². The fourth-order valence-corrected chi connectivity index (χ4v) is 3.41. The van der Waals surface area contributed by atoms with Crippen molar-refractivity contribution in [2.75, 3.05) is 6.54 Å². The van der Waals surface area contributed by atoms with Crippen molar-refractivity contribution in [1.82, 2.24) is 4.72 Å². The molecule has 0 aliphatic heterocycles. The highest BCUT2D eigenvalue weighted by molar-refractivity contribution is 9.10. The average molecular weight is 350 g/mol. The van der Waals surface area contributed by atoms with E-state index in [4.69, 9.17) is 5.11 Å². The molecule has 0 unspecified atom stereocenters. The van der Waals surface area contributed by atoms with Gasteiger partial charge >= 0.3 is 5.97 Å². The molecule has 19 heavy (non-hydrogen) atoms. The molecule has 106 valence electrons. The summed E-state index contributed by atoms with van der Waals surface area (Å²) >= 11 is 3.35. The molecule has 0 heterocycles. The maximum atomic E-state index is 12.1. The standard InChI is InChI=1S/C12H16BrNO4S/c1-8-7-11(9(2)6-10(8)13)19(17,18)14-5-3-4-12(15)16/h6-7,14H,3-5H2,1-2H3,(H,15,16). The van der Waals surface area contributed by atoms with Crippen LogP contribution in [0.2, 0.25) is 0 Å². The molecule has 0 saturated carbocycles. The molecule has 0 radical (unpaired) electrons. The molecular weight excluding hydrogens is 334 g/mol. The Hall–Kier alpha value is -0.920. The largest absolute Gasteiger partial charge is 0.481 e. The van der Waals surface area contributed by atoms with E-state index in [-0.39, 0.29) is 24.3 Å². The van der Waals surface area contributed by atoms with Crippen LogP contribution < -0.4 is 4.72 Å². The Labute approximate surface area is 121 Å². The van der Waals surface area contributed by atoms with Crippen LogP contribution in [0, 0.1) is 13.8 Å². The fourth-order valence-electron chi connectivity index (χ4n) is 1.57. The van der Waals surface area contributed by atoms with Crippen molar-refractivity contribution in [2.45, 2.75) is 31.6 Å². The summed E-state index contributed by atoms with van der Waals surface area (Å²) in [7, 11) is -3.59. The topological polar surface area (TPSA) is 83.5 Å². The van der Waals surface area contributed by atoms with Crippen LogP contribution in [0.15, 0.2) is 21.5 Å². The van der Waals surface area contributed by atoms with Gasteiger partial charge in [0, 0.05) is 17.4 Å². The summed E-state index contributed by atoms with van der Waals surface area (Å²) in [4.78, 5) is 10.6. The monoisotopic (exact) mass is 349 g/mol. The third-order valence-electron chi connectivity index (χ3n) is 2.61. The van der Waals surface area contributed by atoms with Crippen molar-refractivity contribution in [3.8, 4) is 0 Å². The molecule has 0 saturated heterocycles. The Balaban J connectivity index is 2.83. The number of aliphatic carboxylic acids is 1. The predicted molar refractivity (Wildman–Crippen MR) is 75.7 cm³/mol. The van der Waals surface area contributed by atoms with Crippen LogP contribution in [0.3, 0.4) is 0 Å². The highest BCUT2D eigenvalue weighted by Gasteiger charge is 2.17. The zero-order chi connectivity index (χ0) is 14.6. The maximum absolute atomic E-state index is 12.1. The molecular formula is C12H16BrNO4S. The van der Waals surface area contributed by atoms with Crippen LogP contribution in [0.25, 0.3) is 0 Å². The summed E-state index contributed by atoms with van der Waals surface area (Å²) in [6, 6.07) is 3.35. The number of rotatable bonds is 6. The number of carbonyl (C=O) groups is 1. The zero-order valence-corrected chi connectivity index (χ0v) is 13.1. The van der Waals surface area contributed by atoms with Crippen molar-refractivity contribution in [3.05, 3.63) is 27.7 Å². The first-order chi connectivity index (χ1) is 8.74. The molecule has 0 spiro atoms. The third kappa shape index (κ3) is 4.59. The predicted octanol–water partition coefficient (Wildman–Crippen LogP) is 2.21. The first kappa shape index (κ1) is 16.1. The fraction of sp³-hybridized carbons (Fsp3) is 0.417. The molecule has 1 aromatic rings. The van der Waals surface area contributed by atoms with Gasteiger partial charge in [0.1, 0.15) is 0 Å². The number of halogens is 1. The lowest BCUT2D eigenvalue weighted by atomic mass is 10.2. The van der Waals surface area contributed by atoms with E-state index < -0.39 is 16.0 Å². The molecule has 0 amide bonds. The lowest BCUT2D eigenvalue weighted by Gasteiger charge is -2.11. The molecule has 0 bridgehead atoms. The summed E-state index contributed by atoms with van der Waals surface area (Å²) in [5.74, 6) is -0.935. The normalized spacial score (nSPS) is 11.5. The van der Waals surface area contributed by atoms with Crippen LogP contribution in [-0.4, -0.2) is 26.0 Å². The van der Waals surface area contributed by atoms with E-state index in [1.165, 1.54) is 0 Å². The number of carboxylic acid groups (broad SMARTS) is 1. The van der Waals surface area contributed by atoms with Crippen LogP contribution in [-0.2, 0) is 14.8 Å². The Morgan fingerprint density at radius 1 is 1.32 bits per heavy atom. The summed E-state index contributed by atoms with van der Waals surface area (Å²) < 4.78 is 27.4. The number of nitrogens with one attached hydrogen (secondary N) is 1. The second-order valence-corrected chi connectivity index (χ2v) is 6.85. The Morgan fingerprint density at radius 3 is 2.53 bits per heavy atom. The maximum Gasteiger partial charge on any atom is 0.303 e. The Morgan fingerprint density at radius 2 is 1.95 bits per heavy atom. The number of benzene rings is 1. The molecule has 0 fully saturated rings. The summed E-state index contributed by atoms with van der Waals surface area (Å²) in [5, 5.41) is 8.49. The van der Waals surface area contributed by atoms with E-state index in [2.05, 4.69) is 20.7 Å². The third-order valence-corrected chi connectivity index (χ3v) is 5.06. The number of aryl methyl sites for hydroxylation is 2. The van der Waals surface area contributed by atoms with Gasteiger partial charge in [-0.3, -0.25) is 4.79 Å². The summed E-state index contributed by atoms with van der Waals surface area (Å²) in [5.41, 5.74) is 1.47. The van der Waals surface area contributed by atoms with Gasteiger partial charge in [0.15, 0.2) is 0 Å². The molecule has 1 aromatic carbocycles. The van der Waals surface area contributed by atoms with Crippen molar-refractivity contribution in [1.29, 1.82) is 0 Å². The molecule has 0 atom stereocenters. The molecule has 0 aliphatic carbocycles. The highest BCUT2D eigenvalue weighted by Crippen LogP contribution is 2.24. The number of carboxylic acids is 1. The second-order valence-electron chi connectivity index (χ2n) is 4.26. The van der Waals surface area contributed by atoms with Gasteiger partial charge in [0.25, 0.3) is 0 Å². The minimum atomic E-state index is -3.59. The first-order valence-electron chi connectivity index (χ1n) is 5.72. The Bertz CT molecular complexity index is 584. The highest BCUT2D eigenvalue weighted by atomic mass is 79.9. The van der Waals surface area contributed by atoms with Gasteiger partial charge in [-0.2, -0.15) is 0 Å². The van der Waals surface area contributed by atoms with Gasteiger partial charge in [-0.1, -0.05) is 15.9 Å². The SMILES string of the molecule is Cc1cc(S(=O)(=O)NCCCC(=O)O)c(C)cc1Br. The molecule has 1 rings (SSSR count). The molecule has 5 nitrogen and oxygen atoms in total. The van der Waals surface area contributed by atoms with E-state index in [1.54, 1.807) is 19.1 Å². The van der Waals surface area contributed by atoms with E-state index >= 15 is 0 Å². The minimum absolute atomic E-state index is 0.0547. The van der Waals surface area contributed by atoms with Gasteiger partial charge in [0.05, 0.1) is 4.90 Å². The van der Waals surface area contributed by atoms with E-state index in [9.17, 15) is 13.2 Å².